The van der Waals surface area contributed by atoms with Crippen LogP contribution in [0.25, 0.3) is 22.3 Å². The van der Waals surface area contributed by atoms with Gasteiger partial charge in [0.1, 0.15) is 18.7 Å². The zero-order valence-electron chi connectivity index (χ0n) is 19.0. The van der Waals surface area contributed by atoms with E-state index in [0.29, 0.717) is 19.6 Å². The summed E-state index contributed by atoms with van der Waals surface area (Å²) in [4.78, 5) is 13.4. The van der Waals surface area contributed by atoms with Crippen molar-refractivity contribution in [3.05, 3.63) is 78.0 Å². The molecule has 5 rings (SSSR count). The Bertz CT molecular complexity index is 1320. The van der Waals surface area contributed by atoms with Gasteiger partial charge in [-0.25, -0.2) is 9.97 Å². The summed E-state index contributed by atoms with van der Waals surface area (Å²) in [5.74, 6) is 0. The van der Waals surface area contributed by atoms with Crippen molar-refractivity contribution >= 4 is 19.8 Å². The Morgan fingerprint density at radius 2 is 2.03 bits per heavy atom. The minimum atomic E-state index is -0.609. The normalized spacial score (nSPS) is 17.4. The fraction of sp³-hybridized carbons (Fsp3) is 0.308. The summed E-state index contributed by atoms with van der Waals surface area (Å²) in [6, 6.07) is 16.1. The quantitative estimate of drug-likeness (QED) is 0.304. The smallest absolute Gasteiger partial charge is 0.145 e. The highest BCUT2D eigenvalue weighted by Crippen LogP contribution is 2.40. The van der Waals surface area contributed by atoms with Crippen molar-refractivity contribution in [2.75, 3.05) is 6.61 Å². The SMILES string of the molecule is C[SiH](C)CCOCn1ccc2c(-c3cccc(C4(C#N)Cc5ccncc5C4)c3)ncnc21. The van der Waals surface area contributed by atoms with Crippen LogP contribution in [0.4, 0.5) is 0 Å². The lowest BCUT2D eigenvalue weighted by Gasteiger charge is -2.21. The van der Waals surface area contributed by atoms with Gasteiger partial charge in [0.15, 0.2) is 0 Å². The van der Waals surface area contributed by atoms with E-state index in [0.717, 1.165) is 40.0 Å². The van der Waals surface area contributed by atoms with Crippen molar-refractivity contribution in [1.29, 1.82) is 5.26 Å². The Labute approximate surface area is 195 Å². The maximum absolute atomic E-state index is 10.2. The number of ether oxygens (including phenoxy) is 1. The average molecular weight is 454 g/mol. The molecule has 0 fully saturated rings. The van der Waals surface area contributed by atoms with Gasteiger partial charge in [0, 0.05) is 44.9 Å². The number of hydrogen-bond donors (Lipinski definition) is 0. The van der Waals surface area contributed by atoms with Crippen LogP contribution in [-0.2, 0) is 29.7 Å². The molecule has 6 nitrogen and oxygen atoms in total. The number of pyridine rings is 1. The van der Waals surface area contributed by atoms with Gasteiger partial charge in [0.2, 0.25) is 0 Å². The van der Waals surface area contributed by atoms with Gasteiger partial charge in [-0.3, -0.25) is 4.98 Å². The molecule has 0 aliphatic heterocycles. The van der Waals surface area contributed by atoms with E-state index in [1.165, 1.54) is 11.6 Å². The molecule has 1 aromatic carbocycles. The molecule has 1 unspecified atom stereocenters. The van der Waals surface area contributed by atoms with Crippen LogP contribution < -0.4 is 0 Å². The summed E-state index contributed by atoms with van der Waals surface area (Å²) in [5.41, 5.74) is 5.54. The monoisotopic (exact) mass is 453 g/mol. The van der Waals surface area contributed by atoms with Crippen LogP contribution in [0.1, 0.15) is 16.7 Å². The molecule has 0 amide bonds. The second kappa shape index (κ2) is 8.89. The Balaban J connectivity index is 1.46. The van der Waals surface area contributed by atoms with E-state index >= 15 is 0 Å². The largest absolute Gasteiger partial charge is 0.361 e. The molecule has 0 N–H and O–H groups in total. The molecule has 4 aromatic rings. The van der Waals surface area contributed by atoms with Crippen LogP contribution >= 0.6 is 0 Å². The summed E-state index contributed by atoms with van der Waals surface area (Å²) < 4.78 is 7.92. The number of nitriles is 1. The Morgan fingerprint density at radius 3 is 2.85 bits per heavy atom. The van der Waals surface area contributed by atoms with Gasteiger partial charge < -0.3 is 9.30 Å². The second-order valence-electron chi connectivity index (χ2n) is 9.24. The molecular formula is C26H27N5OSi. The Hall–Kier alpha value is -3.34. The minimum Gasteiger partial charge on any atom is -0.361 e. The molecule has 0 bridgehead atoms. The van der Waals surface area contributed by atoms with Gasteiger partial charge in [0.05, 0.1) is 17.2 Å². The fourth-order valence-electron chi connectivity index (χ4n) is 4.63. The molecule has 0 spiro atoms. The maximum Gasteiger partial charge on any atom is 0.145 e. The van der Waals surface area contributed by atoms with E-state index in [1.54, 1.807) is 12.5 Å². The molecule has 3 aromatic heterocycles. The van der Waals surface area contributed by atoms with E-state index in [9.17, 15) is 5.26 Å². The molecule has 0 radical (unpaired) electrons. The second-order valence-corrected chi connectivity index (χ2v) is 12.6. The number of aromatic nitrogens is 4. The van der Waals surface area contributed by atoms with Crippen molar-refractivity contribution in [3.63, 3.8) is 0 Å². The number of benzene rings is 1. The molecule has 3 heterocycles. The summed E-state index contributed by atoms with van der Waals surface area (Å²) in [6.45, 7) is 5.95. The van der Waals surface area contributed by atoms with Crippen LogP contribution in [0.15, 0.2) is 61.3 Å². The highest BCUT2D eigenvalue weighted by Gasteiger charge is 2.39. The van der Waals surface area contributed by atoms with E-state index < -0.39 is 14.2 Å². The molecule has 33 heavy (non-hydrogen) atoms. The van der Waals surface area contributed by atoms with Gasteiger partial charge in [-0.15, -0.1) is 0 Å². The first-order chi connectivity index (χ1) is 16.1. The van der Waals surface area contributed by atoms with Gasteiger partial charge in [-0.05, 0) is 53.8 Å². The van der Waals surface area contributed by atoms with E-state index in [2.05, 4.69) is 58.4 Å². The number of nitrogens with zero attached hydrogens (tertiary/aromatic N) is 5. The highest BCUT2D eigenvalue weighted by atomic mass is 28.3. The van der Waals surface area contributed by atoms with Gasteiger partial charge in [0.25, 0.3) is 0 Å². The van der Waals surface area contributed by atoms with Crippen LogP contribution in [0.3, 0.4) is 0 Å². The first-order valence-corrected chi connectivity index (χ1v) is 14.5. The van der Waals surface area contributed by atoms with Crippen molar-refractivity contribution in [2.24, 2.45) is 0 Å². The van der Waals surface area contributed by atoms with Gasteiger partial charge in [-0.2, -0.15) is 5.26 Å². The summed E-state index contributed by atoms with van der Waals surface area (Å²) in [5, 5.41) is 11.2. The summed E-state index contributed by atoms with van der Waals surface area (Å²) in [6.07, 6.45) is 8.70. The van der Waals surface area contributed by atoms with Crippen molar-refractivity contribution < 1.29 is 4.74 Å². The molecule has 166 valence electrons. The first-order valence-electron chi connectivity index (χ1n) is 11.4. The maximum atomic E-state index is 10.2. The van der Waals surface area contributed by atoms with Crippen LogP contribution in [-0.4, -0.2) is 34.9 Å². The molecule has 0 saturated carbocycles. The topological polar surface area (TPSA) is 76.6 Å². The third-order valence-electron chi connectivity index (χ3n) is 6.52. The van der Waals surface area contributed by atoms with Gasteiger partial charge in [-0.1, -0.05) is 31.3 Å². The van der Waals surface area contributed by atoms with Crippen molar-refractivity contribution in [1.82, 2.24) is 19.5 Å². The lowest BCUT2D eigenvalue weighted by atomic mass is 9.78. The summed E-state index contributed by atoms with van der Waals surface area (Å²) in [7, 11) is -0.609. The van der Waals surface area contributed by atoms with Crippen LogP contribution in [0.2, 0.25) is 19.1 Å². The molecule has 1 aliphatic carbocycles. The molecule has 0 saturated heterocycles. The van der Waals surface area contributed by atoms with E-state index in [4.69, 9.17) is 4.74 Å². The van der Waals surface area contributed by atoms with Gasteiger partial charge >= 0.3 is 0 Å². The third-order valence-corrected chi connectivity index (χ3v) is 7.91. The number of rotatable bonds is 7. The molecule has 1 aliphatic rings. The molecular weight excluding hydrogens is 426 g/mol. The average Bonchev–Trinajstić information content (AvgIpc) is 3.44. The Morgan fingerprint density at radius 1 is 1.15 bits per heavy atom. The summed E-state index contributed by atoms with van der Waals surface area (Å²) >= 11 is 0. The number of hydrogen-bond acceptors (Lipinski definition) is 5. The predicted octanol–water partition coefficient (Wildman–Crippen LogP) is 4.51. The Kier molecular flexibility index (Phi) is 5.79. The lowest BCUT2D eigenvalue weighted by Crippen LogP contribution is -2.24. The zero-order chi connectivity index (χ0) is 22.8. The van der Waals surface area contributed by atoms with Crippen molar-refractivity contribution in [2.45, 2.75) is 44.1 Å². The van der Waals surface area contributed by atoms with Crippen molar-refractivity contribution in [3.8, 4) is 17.3 Å². The third kappa shape index (κ3) is 4.08. The van der Waals surface area contributed by atoms with E-state index in [-0.39, 0.29) is 0 Å². The highest BCUT2D eigenvalue weighted by molar-refractivity contribution is 6.55. The molecule has 7 heteroatoms. The van der Waals surface area contributed by atoms with Crippen LogP contribution in [0.5, 0.6) is 0 Å². The number of fused-ring (bicyclic) bond motifs is 2. The predicted molar refractivity (Wildman–Crippen MR) is 132 cm³/mol. The fourth-order valence-corrected chi connectivity index (χ4v) is 5.27. The standard InChI is InChI=1S/C26H27N5OSi/c1-33(2)11-10-32-18-31-9-7-23-24(29-17-30-25(23)31)19-4-3-5-22(12-19)26(16-27)13-20-6-8-28-15-21(20)14-26/h3-9,12,15,17,33H,10-11,13-14,18H2,1-2H3. The van der Waals surface area contributed by atoms with Crippen LogP contribution in [0, 0.1) is 11.3 Å². The molecule has 1 atom stereocenters. The lowest BCUT2D eigenvalue weighted by molar-refractivity contribution is 0.0902. The minimum absolute atomic E-state index is 0.491. The zero-order valence-corrected chi connectivity index (χ0v) is 20.2. The van der Waals surface area contributed by atoms with E-state index in [1.807, 2.05) is 29.1 Å². The first kappa shape index (κ1) is 21.5.